The molecule has 2 N–H and O–H groups in total. The van der Waals surface area contributed by atoms with Gasteiger partial charge in [-0.2, -0.15) is 0 Å². The van der Waals surface area contributed by atoms with Crippen LogP contribution in [0, 0.1) is 19.8 Å². The van der Waals surface area contributed by atoms with Gasteiger partial charge < -0.3 is 10.5 Å². The van der Waals surface area contributed by atoms with Gasteiger partial charge in [-0.1, -0.05) is 12.1 Å². The van der Waals surface area contributed by atoms with Gasteiger partial charge in [0.1, 0.15) is 0 Å². The van der Waals surface area contributed by atoms with Crippen LogP contribution in [-0.2, 0) is 4.74 Å². The Morgan fingerprint density at radius 1 is 1.31 bits per heavy atom. The molecule has 1 aromatic rings. The molecule has 0 saturated carbocycles. The van der Waals surface area contributed by atoms with E-state index in [1.54, 1.807) is 0 Å². The smallest absolute Gasteiger partial charge is 0.169 e. The van der Waals surface area contributed by atoms with Crippen LogP contribution in [0.2, 0.25) is 0 Å². The number of Topliss-reactive ketones (excluding diaryl/α,β-unsaturated/α-hetero) is 1. The van der Waals surface area contributed by atoms with Crippen molar-refractivity contribution in [3.05, 3.63) is 34.9 Å². The molecule has 1 aliphatic heterocycles. The summed E-state index contributed by atoms with van der Waals surface area (Å²) in [6.07, 6.45) is 0. The highest BCUT2D eigenvalue weighted by atomic mass is 16.5. The molecule has 2 unspecified atom stereocenters. The fraction of sp³-hybridized carbons (Fsp3) is 0.462. The number of hydrogen-bond acceptors (Lipinski definition) is 3. The number of hydrogen-bond donors (Lipinski definition) is 1. The van der Waals surface area contributed by atoms with Crippen molar-refractivity contribution in [3.63, 3.8) is 0 Å². The molecule has 0 radical (unpaired) electrons. The van der Waals surface area contributed by atoms with Gasteiger partial charge in [0.2, 0.25) is 0 Å². The zero-order valence-corrected chi connectivity index (χ0v) is 9.69. The van der Waals surface area contributed by atoms with E-state index in [0.717, 1.165) is 11.1 Å². The number of benzene rings is 1. The first-order chi connectivity index (χ1) is 7.59. The molecule has 2 atom stereocenters. The normalized spacial score (nSPS) is 24.7. The summed E-state index contributed by atoms with van der Waals surface area (Å²) in [5.74, 6) is -0.0739. The van der Waals surface area contributed by atoms with Gasteiger partial charge in [0, 0.05) is 11.6 Å². The fourth-order valence-electron chi connectivity index (χ4n) is 1.95. The van der Waals surface area contributed by atoms with E-state index in [9.17, 15) is 4.79 Å². The van der Waals surface area contributed by atoms with E-state index < -0.39 is 0 Å². The van der Waals surface area contributed by atoms with Crippen LogP contribution < -0.4 is 5.73 Å². The van der Waals surface area contributed by atoms with Crippen molar-refractivity contribution in [1.82, 2.24) is 0 Å². The van der Waals surface area contributed by atoms with Crippen LogP contribution in [0.5, 0.6) is 0 Å². The molecule has 1 aliphatic rings. The molecule has 0 aliphatic carbocycles. The minimum Gasteiger partial charge on any atom is -0.379 e. The Balaban J connectivity index is 2.23. The second-order valence-corrected chi connectivity index (χ2v) is 4.47. The van der Waals surface area contributed by atoms with Gasteiger partial charge in [-0.05, 0) is 31.0 Å². The summed E-state index contributed by atoms with van der Waals surface area (Å²) >= 11 is 0. The van der Waals surface area contributed by atoms with Crippen molar-refractivity contribution < 1.29 is 9.53 Å². The molecule has 1 heterocycles. The molecule has 16 heavy (non-hydrogen) atoms. The Hall–Kier alpha value is -1.19. The van der Waals surface area contributed by atoms with Crippen molar-refractivity contribution >= 4 is 5.78 Å². The second kappa shape index (κ2) is 4.36. The summed E-state index contributed by atoms with van der Waals surface area (Å²) < 4.78 is 5.22. The molecule has 3 nitrogen and oxygen atoms in total. The highest BCUT2D eigenvalue weighted by Crippen LogP contribution is 2.19. The Morgan fingerprint density at radius 2 is 2.06 bits per heavy atom. The summed E-state index contributed by atoms with van der Waals surface area (Å²) in [5, 5.41) is 0. The SMILES string of the molecule is Cc1ccc(C(=O)C2COCC2N)cc1C. The van der Waals surface area contributed by atoms with Crippen molar-refractivity contribution in [2.24, 2.45) is 11.7 Å². The van der Waals surface area contributed by atoms with Crippen LogP contribution in [0.15, 0.2) is 18.2 Å². The van der Waals surface area contributed by atoms with Crippen LogP contribution in [0.1, 0.15) is 21.5 Å². The van der Waals surface area contributed by atoms with Crippen LogP contribution in [0.4, 0.5) is 0 Å². The molecule has 2 rings (SSSR count). The largest absolute Gasteiger partial charge is 0.379 e. The zero-order chi connectivity index (χ0) is 11.7. The van der Waals surface area contributed by atoms with E-state index in [-0.39, 0.29) is 17.7 Å². The topological polar surface area (TPSA) is 52.3 Å². The first kappa shape index (κ1) is 11.3. The standard InChI is InChI=1S/C13H17NO2/c1-8-3-4-10(5-9(8)2)13(15)11-6-16-7-12(11)14/h3-5,11-12H,6-7,14H2,1-2H3. The number of rotatable bonds is 2. The Kier molecular flexibility index (Phi) is 3.08. The van der Waals surface area contributed by atoms with Crippen LogP contribution in [0.3, 0.4) is 0 Å². The van der Waals surface area contributed by atoms with Crippen LogP contribution in [0.25, 0.3) is 0 Å². The number of carbonyl (C=O) groups is 1. The minimum absolute atomic E-state index is 0.105. The average Bonchev–Trinajstić information content (AvgIpc) is 2.67. The van der Waals surface area contributed by atoms with Gasteiger partial charge in [-0.25, -0.2) is 0 Å². The molecule has 0 aromatic heterocycles. The van der Waals surface area contributed by atoms with E-state index in [2.05, 4.69) is 0 Å². The van der Waals surface area contributed by atoms with Gasteiger partial charge in [0.15, 0.2) is 5.78 Å². The van der Waals surface area contributed by atoms with E-state index >= 15 is 0 Å². The fourth-order valence-corrected chi connectivity index (χ4v) is 1.95. The Bertz CT molecular complexity index is 414. The number of ether oxygens (including phenoxy) is 1. The van der Waals surface area contributed by atoms with E-state index in [4.69, 9.17) is 10.5 Å². The summed E-state index contributed by atoms with van der Waals surface area (Å²) in [7, 11) is 0. The molecular weight excluding hydrogens is 202 g/mol. The molecule has 1 fully saturated rings. The summed E-state index contributed by atoms with van der Waals surface area (Å²) in [6.45, 7) is 4.99. The van der Waals surface area contributed by atoms with Crippen molar-refractivity contribution in [1.29, 1.82) is 0 Å². The molecule has 86 valence electrons. The predicted octanol–water partition coefficient (Wildman–Crippen LogP) is 1.46. The Labute approximate surface area is 95.6 Å². The molecule has 1 saturated heterocycles. The van der Waals surface area contributed by atoms with Gasteiger partial charge in [-0.15, -0.1) is 0 Å². The number of nitrogens with two attached hydrogens (primary N) is 1. The lowest BCUT2D eigenvalue weighted by atomic mass is 9.92. The highest BCUT2D eigenvalue weighted by Gasteiger charge is 2.31. The molecule has 0 amide bonds. The minimum atomic E-state index is -0.179. The lowest BCUT2D eigenvalue weighted by Gasteiger charge is -2.12. The first-order valence-electron chi connectivity index (χ1n) is 5.54. The van der Waals surface area contributed by atoms with Crippen molar-refractivity contribution in [3.8, 4) is 0 Å². The molecule has 0 bridgehead atoms. The lowest BCUT2D eigenvalue weighted by molar-refractivity contribution is 0.0896. The highest BCUT2D eigenvalue weighted by molar-refractivity contribution is 5.98. The number of aryl methyl sites for hydroxylation is 2. The van der Waals surface area contributed by atoms with E-state index in [0.29, 0.717) is 13.2 Å². The number of carbonyl (C=O) groups excluding carboxylic acids is 1. The van der Waals surface area contributed by atoms with Crippen molar-refractivity contribution in [2.75, 3.05) is 13.2 Å². The zero-order valence-electron chi connectivity index (χ0n) is 9.69. The van der Waals surface area contributed by atoms with Gasteiger partial charge >= 0.3 is 0 Å². The van der Waals surface area contributed by atoms with Crippen LogP contribution in [-0.4, -0.2) is 25.0 Å². The monoisotopic (exact) mass is 219 g/mol. The summed E-state index contributed by atoms with van der Waals surface area (Å²) in [5.41, 5.74) is 8.92. The van der Waals surface area contributed by atoms with Gasteiger partial charge in [0.05, 0.1) is 19.1 Å². The lowest BCUT2D eigenvalue weighted by Crippen LogP contribution is -2.34. The maximum atomic E-state index is 12.2. The maximum Gasteiger partial charge on any atom is 0.169 e. The summed E-state index contributed by atoms with van der Waals surface area (Å²) in [6, 6.07) is 5.62. The van der Waals surface area contributed by atoms with E-state index in [1.807, 2.05) is 32.0 Å². The second-order valence-electron chi connectivity index (χ2n) is 4.47. The molecule has 0 spiro atoms. The molecule has 3 heteroatoms. The van der Waals surface area contributed by atoms with Crippen LogP contribution >= 0.6 is 0 Å². The predicted molar refractivity (Wildman–Crippen MR) is 62.5 cm³/mol. The maximum absolute atomic E-state index is 12.2. The third kappa shape index (κ3) is 2.01. The third-order valence-corrected chi connectivity index (χ3v) is 3.25. The van der Waals surface area contributed by atoms with Gasteiger partial charge in [0.25, 0.3) is 0 Å². The van der Waals surface area contributed by atoms with Gasteiger partial charge in [-0.3, -0.25) is 4.79 Å². The molecule has 1 aromatic carbocycles. The van der Waals surface area contributed by atoms with E-state index in [1.165, 1.54) is 5.56 Å². The number of ketones is 1. The first-order valence-corrected chi connectivity index (χ1v) is 5.54. The molecular formula is C13H17NO2. The quantitative estimate of drug-likeness (QED) is 0.766. The Morgan fingerprint density at radius 3 is 2.62 bits per heavy atom. The third-order valence-electron chi connectivity index (χ3n) is 3.25. The summed E-state index contributed by atoms with van der Waals surface area (Å²) in [4.78, 5) is 12.2. The van der Waals surface area contributed by atoms with Crippen molar-refractivity contribution in [2.45, 2.75) is 19.9 Å². The average molecular weight is 219 g/mol.